The Morgan fingerprint density at radius 2 is 2.24 bits per heavy atom. The molecule has 5 nitrogen and oxygen atoms in total. The normalized spacial score (nSPS) is 24.0. The standard InChI is InChI=1S/C12H16N4O/c13-10-2-1-3-11(14-10)15-6-7-16-9(8-15)4-5-12(16)17/h1-3,9H,4-8H2,(H2,13,14). The minimum absolute atomic E-state index is 0.301. The summed E-state index contributed by atoms with van der Waals surface area (Å²) in [5.41, 5.74) is 5.69. The van der Waals surface area contributed by atoms with Crippen molar-refractivity contribution in [1.82, 2.24) is 9.88 Å². The van der Waals surface area contributed by atoms with E-state index in [1.54, 1.807) is 6.07 Å². The van der Waals surface area contributed by atoms with Crippen LogP contribution in [0.4, 0.5) is 11.6 Å². The summed E-state index contributed by atoms with van der Waals surface area (Å²) < 4.78 is 0. The number of fused-ring (bicyclic) bond motifs is 1. The second-order valence-electron chi connectivity index (χ2n) is 4.65. The molecule has 1 aromatic heterocycles. The van der Waals surface area contributed by atoms with Gasteiger partial charge < -0.3 is 15.5 Å². The van der Waals surface area contributed by atoms with Crippen LogP contribution in [0.3, 0.4) is 0 Å². The summed E-state index contributed by atoms with van der Waals surface area (Å²) in [6.07, 6.45) is 1.67. The van der Waals surface area contributed by atoms with E-state index in [0.29, 0.717) is 24.2 Å². The highest BCUT2D eigenvalue weighted by Gasteiger charge is 2.35. The average molecular weight is 232 g/mol. The Kier molecular flexibility index (Phi) is 2.39. The van der Waals surface area contributed by atoms with Gasteiger partial charge in [-0.2, -0.15) is 0 Å². The molecule has 0 spiro atoms. The van der Waals surface area contributed by atoms with E-state index in [0.717, 1.165) is 31.9 Å². The highest BCUT2D eigenvalue weighted by Crippen LogP contribution is 2.25. The van der Waals surface area contributed by atoms with Crippen molar-refractivity contribution in [2.24, 2.45) is 0 Å². The molecular formula is C12H16N4O. The Morgan fingerprint density at radius 1 is 1.35 bits per heavy atom. The van der Waals surface area contributed by atoms with Crippen LogP contribution in [0.5, 0.6) is 0 Å². The Hall–Kier alpha value is -1.78. The smallest absolute Gasteiger partial charge is 0.223 e. The predicted octanol–water partition coefficient (Wildman–Crippen LogP) is 0.475. The van der Waals surface area contributed by atoms with E-state index < -0.39 is 0 Å². The van der Waals surface area contributed by atoms with E-state index in [9.17, 15) is 4.79 Å². The largest absolute Gasteiger partial charge is 0.384 e. The van der Waals surface area contributed by atoms with Crippen molar-refractivity contribution in [3.63, 3.8) is 0 Å². The van der Waals surface area contributed by atoms with Gasteiger partial charge in [-0.15, -0.1) is 0 Å². The van der Waals surface area contributed by atoms with E-state index in [1.165, 1.54) is 0 Å². The third kappa shape index (κ3) is 1.81. The molecule has 5 heteroatoms. The molecule has 2 aliphatic rings. The molecule has 1 atom stereocenters. The molecule has 3 rings (SSSR count). The van der Waals surface area contributed by atoms with E-state index >= 15 is 0 Å². The highest BCUT2D eigenvalue weighted by atomic mass is 16.2. The van der Waals surface area contributed by atoms with Crippen molar-refractivity contribution in [2.45, 2.75) is 18.9 Å². The number of hydrogen-bond acceptors (Lipinski definition) is 4. The summed E-state index contributed by atoms with van der Waals surface area (Å²) in [6, 6.07) is 6.05. The first-order valence-corrected chi connectivity index (χ1v) is 6.01. The second kappa shape index (κ2) is 3.91. The lowest BCUT2D eigenvalue weighted by atomic mass is 10.1. The monoisotopic (exact) mass is 232 g/mol. The molecule has 0 radical (unpaired) electrons. The summed E-state index contributed by atoms with van der Waals surface area (Å²) in [6.45, 7) is 2.53. The molecular weight excluding hydrogens is 216 g/mol. The maximum Gasteiger partial charge on any atom is 0.223 e. The van der Waals surface area contributed by atoms with Crippen molar-refractivity contribution in [2.75, 3.05) is 30.3 Å². The van der Waals surface area contributed by atoms with Crippen LogP contribution in [0, 0.1) is 0 Å². The summed E-state index contributed by atoms with van der Waals surface area (Å²) in [4.78, 5) is 20.1. The van der Waals surface area contributed by atoms with Gasteiger partial charge in [-0.25, -0.2) is 4.98 Å². The van der Waals surface area contributed by atoms with Crippen molar-refractivity contribution < 1.29 is 4.79 Å². The lowest BCUT2D eigenvalue weighted by molar-refractivity contribution is -0.129. The predicted molar refractivity (Wildman–Crippen MR) is 65.6 cm³/mol. The van der Waals surface area contributed by atoms with Crippen molar-refractivity contribution in [3.8, 4) is 0 Å². The zero-order valence-corrected chi connectivity index (χ0v) is 9.67. The van der Waals surface area contributed by atoms with Crippen LogP contribution in [0.25, 0.3) is 0 Å². The topological polar surface area (TPSA) is 62.5 Å². The van der Waals surface area contributed by atoms with Crippen LogP contribution in [0.15, 0.2) is 18.2 Å². The molecule has 1 unspecified atom stereocenters. The fourth-order valence-corrected chi connectivity index (χ4v) is 2.69. The number of anilines is 2. The van der Waals surface area contributed by atoms with Gasteiger partial charge in [-0.05, 0) is 18.6 Å². The summed E-state index contributed by atoms with van der Waals surface area (Å²) in [5, 5.41) is 0. The molecule has 1 aromatic rings. The zero-order valence-electron chi connectivity index (χ0n) is 9.67. The number of piperazine rings is 1. The lowest BCUT2D eigenvalue weighted by Gasteiger charge is -2.38. The number of amides is 1. The molecule has 0 aliphatic carbocycles. The van der Waals surface area contributed by atoms with E-state index in [4.69, 9.17) is 5.73 Å². The lowest BCUT2D eigenvalue weighted by Crippen LogP contribution is -2.51. The van der Waals surface area contributed by atoms with Gasteiger partial charge in [0.2, 0.25) is 5.91 Å². The van der Waals surface area contributed by atoms with Crippen LogP contribution < -0.4 is 10.6 Å². The van der Waals surface area contributed by atoms with Gasteiger partial charge in [0.15, 0.2) is 0 Å². The maximum atomic E-state index is 11.6. The summed E-state index contributed by atoms with van der Waals surface area (Å²) in [5.74, 6) is 1.77. The van der Waals surface area contributed by atoms with Gasteiger partial charge >= 0.3 is 0 Å². The van der Waals surface area contributed by atoms with Crippen LogP contribution in [-0.4, -0.2) is 41.5 Å². The molecule has 0 bridgehead atoms. The summed E-state index contributed by atoms with van der Waals surface area (Å²) in [7, 11) is 0. The van der Waals surface area contributed by atoms with Gasteiger partial charge in [-0.3, -0.25) is 4.79 Å². The number of aromatic nitrogens is 1. The van der Waals surface area contributed by atoms with Crippen LogP contribution in [-0.2, 0) is 4.79 Å². The number of pyridine rings is 1. The number of carbonyl (C=O) groups excluding carboxylic acids is 1. The van der Waals surface area contributed by atoms with Gasteiger partial charge in [0.1, 0.15) is 11.6 Å². The van der Waals surface area contributed by atoms with Gasteiger partial charge in [-0.1, -0.05) is 6.07 Å². The van der Waals surface area contributed by atoms with E-state index in [1.807, 2.05) is 17.0 Å². The average Bonchev–Trinajstić information content (AvgIpc) is 2.71. The first-order chi connectivity index (χ1) is 8.24. The van der Waals surface area contributed by atoms with Crippen LogP contribution in [0.1, 0.15) is 12.8 Å². The molecule has 2 N–H and O–H groups in total. The quantitative estimate of drug-likeness (QED) is 0.764. The fraction of sp³-hybridized carbons (Fsp3) is 0.500. The van der Waals surface area contributed by atoms with Crippen LogP contribution in [0.2, 0.25) is 0 Å². The van der Waals surface area contributed by atoms with Crippen molar-refractivity contribution in [1.29, 1.82) is 0 Å². The molecule has 0 saturated carbocycles. The van der Waals surface area contributed by atoms with Crippen LogP contribution >= 0.6 is 0 Å². The third-order valence-electron chi connectivity index (χ3n) is 3.57. The van der Waals surface area contributed by atoms with Gasteiger partial charge in [0, 0.05) is 32.1 Å². The minimum Gasteiger partial charge on any atom is -0.384 e. The molecule has 3 heterocycles. The molecule has 0 aromatic carbocycles. The number of nitrogens with two attached hydrogens (primary N) is 1. The first-order valence-electron chi connectivity index (χ1n) is 6.01. The molecule has 2 aliphatic heterocycles. The molecule has 2 fully saturated rings. The molecule has 2 saturated heterocycles. The van der Waals surface area contributed by atoms with Gasteiger partial charge in [0.05, 0.1) is 0 Å². The third-order valence-corrected chi connectivity index (χ3v) is 3.57. The zero-order chi connectivity index (χ0) is 11.8. The molecule has 90 valence electrons. The Bertz CT molecular complexity index is 448. The number of rotatable bonds is 1. The number of carbonyl (C=O) groups is 1. The second-order valence-corrected chi connectivity index (χ2v) is 4.65. The Labute approximate surface area is 100 Å². The SMILES string of the molecule is Nc1cccc(N2CCN3C(=O)CCC3C2)n1. The van der Waals surface area contributed by atoms with E-state index in [-0.39, 0.29) is 0 Å². The number of hydrogen-bond donors (Lipinski definition) is 1. The Morgan fingerprint density at radius 3 is 3.06 bits per heavy atom. The number of nitrogen functional groups attached to an aromatic ring is 1. The Balaban J connectivity index is 1.77. The fourth-order valence-electron chi connectivity index (χ4n) is 2.69. The first kappa shape index (κ1) is 10.4. The highest BCUT2D eigenvalue weighted by molar-refractivity contribution is 5.79. The van der Waals surface area contributed by atoms with Gasteiger partial charge in [0.25, 0.3) is 0 Å². The van der Waals surface area contributed by atoms with Crippen molar-refractivity contribution in [3.05, 3.63) is 18.2 Å². The molecule has 1 amide bonds. The minimum atomic E-state index is 0.301. The van der Waals surface area contributed by atoms with E-state index in [2.05, 4.69) is 9.88 Å². The molecule has 17 heavy (non-hydrogen) atoms. The maximum absolute atomic E-state index is 11.6. The summed E-state index contributed by atoms with van der Waals surface area (Å²) >= 11 is 0. The van der Waals surface area contributed by atoms with Crippen molar-refractivity contribution >= 4 is 17.5 Å². The number of nitrogens with zero attached hydrogens (tertiary/aromatic N) is 3.